The molecule has 0 saturated carbocycles. The fraction of sp³-hybridized carbons (Fsp3) is 0.280. The molecule has 4 rings (SSSR count). The average molecular weight is 557 g/mol. The lowest BCUT2D eigenvalue weighted by Crippen LogP contribution is -2.34. The van der Waals surface area contributed by atoms with Crippen LogP contribution in [-0.4, -0.2) is 55.3 Å². The predicted molar refractivity (Wildman–Crippen MR) is 149 cm³/mol. The largest absolute Gasteiger partial charge is 0.496 e. The Labute approximate surface area is 227 Å². The number of hydrogen-bond donors (Lipinski definition) is 0. The van der Waals surface area contributed by atoms with E-state index in [1.807, 2.05) is 85.5 Å². The maximum absolute atomic E-state index is 13.3. The minimum absolute atomic E-state index is 0. The van der Waals surface area contributed by atoms with Gasteiger partial charge in [-0.15, -0.1) is 24.8 Å². The number of methoxy groups -OCH3 is 1. The van der Waals surface area contributed by atoms with Crippen LogP contribution in [0.1, 0.15) is 24.1 Å². The fourth-order valence-electron chi connectivity index (χ4n) is 3.77. The van der Waals surface area contributed by atoms with Crippen molar-refractivity contribution in [1.82, 2.24) is 9.80 Å². The molecule has 1 unspecified atom stereocenters. The number of carbonyl (C=O) groups excluding carboxylic acids is 1. The molecule has 0 radical (unpaired) electrons. The fourth-order valence-corrected chi connectivity index (χ4v) is 4.96. The van der Waals surface area contributed by atoms with E-state index in [2.05, 4.69) is 0 Å². The summed E-state index contributed by atoms with van der Waals surface area (Å²) in [5.74, 6) is 0.333. The number of fused-ring (bicyclic) bond motifs is 1. The predicted octanol–water partition coefficient (Wildman–Crippen LogP) is 6.03. The molecule has 0 aromatic heterocycles. The van der Waals surface area contributed by atoms with Gasteiger partial charge in [0.1, 0.15) is 12.4 Å². The number of thioether (sulfide) groups is 1. The van der Waals surface area contributed by atoms with Crippen molar-refractivity contribution in [2.45, 2.75) is 13.0 Å². The lowest BCUT2D eigenvalue weighted by Gasteiger charge is -2.34. The van der Waals surface area contributed by atoms with Gasteiger partial charge in [0.15, 0.2) is 5.17 Å². The van der Waals surface area contributed by atoms with Gasteiger partial charge in [0, 0.05) is 28.2 Å². The standard InChI is InChI=1S/C25H26ClN3O3S.2ClH/c1-16-22(24(30)32-14-13-28(2)3)23(19-7-5-6-8-20(19)31-4)29-15-21(33-25(29)27-16)17-9-11-18(26)12-10-17;;/h5-12,15,23H,13-14H2,1-4H3;2*1H. The van der Waals surface area contributed by atoms with Gasteiger partial charge in [-0.3, -0.25) is 0 Å². The summed E-state index contributed by atoms with van der Waals surface area (Å²) in [5, 5.41) is 1.49. The number of halogens is 3. The lowest BCUT2D eigenvalue weighted by molar-refractivity contribution is -0.140. The number of allylic oxidation sites excluding steroid dienone is 1. The molecule has 0 bridgehead atoms. The van der Waals surface area contributed by atoms with E-state index in [-0.39, 0.29) is 30.8 Å². The number of esters is 1. The SMILES string of the molecule is COc1ccccc1C1C(C(=O)OCCN(C)C)=C(C)N=C2SC(c3ccc(Cl)cc3)=CN21.Cl.Cl. The molecule has 2 aromatic carbocycles. The number of ether oxygens (including phenoxy) is 2. The summed E-state index contributed by atoms with van der Waals surface area (Å²) >= 11 is 7.64. The third-order valence-electron chi connectivity index (χ3n) is 5.44. The first-order chi connectivity index (χ1) is 15.9. The highest BCUT2D eigenvalue weighted by Crippen LogP contribution is 2.48. The van der Waals surface area contributed by atoms with Crippen molar-refractivity contribution >= 4 is 64.2 Å². The number of rotatable bonds is 7. The number of nitrogens with zero attached hydrogens (tertiary/aromatic N) is 3. The third-order valence-corrected chi connectivity index (χ3v) is 6.73. The van der Waals surface area contributed by atoms with Crippen LogP contribution < -0.4 is 4.74 Å². The normalized spacial score (nSPS) is 16.6. The van der Waals surface area contributed by atoms with Gasteiger partial charge in [0.05, 0.1) is 24.4 Å². The summed E-state index contributed by atoms with van der Waals surface area (Å²) in [6.45, 7) is 2.81. The van der Waals surface area contributed by atoms with Crippen molar-refractivity contribution < 1.29 is 14.3 Å². The molecule has 188 valence electrons. The highest BCUT2D eigenvalue weighted by Gasteiger charge is 2.40. The molecular formula is C25H28Cl3N3O3S. The summed E-state index contributed by atoms with van der Waals surface area (Å²) < 4.78 is 11.3. The quantitative estimate of drug-likeness (QED) is 0.388. The number of likely N-dealkylation sites (N-methyl/N-ethyl adjacent to an activating group) is 1. The molecule has 0 saturated heterocycles. The molecule has 2 heterocycles. The van der Waals surface area contributed by atoms with Crippen molar-refractivity contribution in [3.63, 3.8) is 0 Å². The van der Waals surface area contributed by atoms with Gasteiger partial charge >= 0.3 is 5.97 Å². The number of carbonyl (C=O) groups is 1. The number of para-hydroxylation sites is 1. The van der Waals surface area contributed by atoms with E-state index in [9.17, 15) is 4.79 Å². The maximum Gasteiger partial charge on any atom is 0.338 e. The Hall–Kier alpha value is -2.16. The molecule has 2 aromatic rings. The molecule has 0 fully saturated rings. The number of hydrogen-bond acceptors (Lipinski definition) is 7. The zero-order valence-electron chi connectivity index (χ0n) is 19.9. The zero-order valence-corrected chi connectivity index (χ0v) is 23.1. The van der Waals surface area contributed by atoms with E-state index in [1.54, 1.807) is 18.9 Å². The van der Waals surface area contributed by atoms with Gasteiger partial charge in [-0.2, -0.15) is 0 Å². The van der Waals surface area contributed by atoms with Crippen LogP contribution in [0.4, 0.5) is 0 Å². The molecule has 0 amide bonds. The Bertz CT molecular complexity index is 1150. The van der Waals surface area contributed by atoms with Crippen LogP contribution in [0.15, 0.2) is 71.0 Å². The second-order valence-electron chi connectivity index (χ2n) is 7.99. The summed E-state index contributed by atoms with van der Waals surface area (Å²) in [5.41, 5.74) is 3.06. The first kappa shape index (κ1) is 29.1. The summed E-state index contributed by atoms with van der Waals surface area (Å²) in [6, 6.07) is 15.0. The van der Waals surface area contributed by atoms with Crippen LogP contribution in [0.3, 0.4) is 0 Å². The summed E-state index contributed by atoms with van der Waals surface area (Å²) in [7, 11) is 5.52. The van der Waals surface area contributed by atoms with Crippen LogP contribution >= 0.6 is 48.2 Å². The number of aliphatic imine (C=N–C) groups is 1. The number of benzene rings is 2. The smallest absolute Gasteiger partial charge is 0.338 e. The van der Waals surface area contributed by atoms with E-state index in [0.29, 0.717) is 35.2 Å². The first-order valence-electron chi connectivity index (χ1n) is 10.6. The second kappa shape index (κ2) is 12.7. The van der Waals surface area contributed by atoms with Crippen molar-refractivity contribution in [2.24, 2.45) is 4.99 Å². The molecule has 0 N–H and O–H groups in total. The molecule has 2 aliphatic rings. The van der Waals surface area contributed by atoms with E-state index in [4.69, 9.17) is 26.1 Å². The molecule has 0 aliphatic carbocycles. The molecular weight excluding hydrogens is 529 g/mol. The number of amidine groups is 1. The van der Waals surface area contributed by atoms with Gasteiger partial charge in [-0.1, -0.05) is 41.9 Å². The van der Waals surface area contributed by atoms with Gasteiger partial charge in [0.25, 0.3) is 0 Å². The van der Waals surface area contributed by atoms with Crippen molar-refractivity contribution in [1.29, 1.82) is 0 Å². The Morgan fingerprint density at radius 2 is 1.83 bits per heavy atom. The van der Waals surface area contributed by atoms with E-state index < -0.39 is 6.04 Å². The van der Waals surface area contributed by atoms with Gasteiger partial charge in [0.2, 0.25) is 0 Å². The summed E-state index contributed by atoms with van der Waals surface area (Å²) in [4.78, 5) is 23.1. The topological polar surface area (TPSA) is 54.4 Å². The van der Waals surface area contributed by atoms with Gasteiger partial charge < -0.3 is 19.3 Å². The molecule has 2 aliphatic heterocycles. The van der Waals surface area contributed by atoms with E-state index in [1.165, 1.54) is 0 Å². The average Bonchev–Trinajstić information content (AvgIpc) is 3.21. The Morgan fingerprint density at radius 1 is 1.14 bits per heavy atom. The van der Waals surface area contributed by atoms with Crippen LogP contribution in [0.2, 0.25) is 5.02 Å². The van der Waals surface area contributed by atoms with E-state index in [0.717, 1.165) is 21.2 Å². The molecule has 10 heteroatoms. The van der Waals surface area contributed by atoms with Crippen LogP contribution in [0, 0.1) is 0 Å². The van der Waals surface area contributed by atoms with Crippen LogP contribution in [-0.2, 0) is 9.53 Å². The van der Waals surface area contributed by atoms with Gasteiger partial charge in [-0.05, 0) is 56.5 Å². The third kappa shape index (κ3) is 6.35. The monoisotopic (exact) mass is 555 g/mol. The van der Waals surface area contributed by atoms with Crippen molar-refractivity contribution in [2.75, 3.05) is 34.4 Å². The highest BCUT2D eigenvalue weighted by molar-refractivity contribution is 8.22. The van der Waals surface area contributed by atoms with E-state index >= 15 is 0 Å². The van der Waals surface area contributed by atoms with Gasteiger partial charge in [-0.25, -0.2) is 9.79 Å². The van der Waals surface area contributed by atoms with Crippen molar-refractivity contribution in [3.05, 3.63) is 82.2 Å². The highest BCUT2D eigenvalue weighted by atomic mass is 35.5. The molecule has 0 spiro atoms. The molecule has 6 nitrogen and oxygen atoms in total. The van der Waals surface area contributed by atoms with Crippen LogP contribution in [0.5, 0.6) is 5.75 Å². The minimum Gasteiger partial charge on any atom is -0.496 e. The zero-order chi connectivity index (χ0) is 23.5. The Balaban J connectivity index is 0.00000216. The maximum atomic E-state index is 13.3. The van der Waals surface area contributed by atoms with Crippen molar-refractivity contribution in [3.8, 4) is 5.75 Å². The lowest BCUT2D eigenvalue weighted by atomic mass is 9.94. The first-order valence-corrected chi connectivity index (χ1v) is 11.8. The van der Waals surface area contributed by atoms with Crippen LogP contribution in [0.25, 0.3) is 4.91 Å². The molecule has 35 heavy (non-hydrogen) atoms. The Kier molecular flexibility index (Phi) is 10.5. The second-order valence-corrected chi connectivity index (χ2v) is 9.43. The molecule has 1 atom stereocenters. The Morgan fingerprint density at radius 3 is 2.49 bits per heavy atom. The summed E-state index contributed by atoms with van der Waals surface area (Å²) in [6.07, 6.45) is 2.03. The minimum atomic E-state index is -0.419.